The van der Waals surface area contributed by atoms with Crippen LogP contribution in [-0.2, 0) is 19.4 Å². The topological polar surface area (TPSA) is 71.8 Å². The molecule has 0 atom stereocenters. The number of hydrogen-bond acceptors (Lipinski definition) is 3. The fraction of sp³-hybridized carbons (Fsp3) is 0.438. The van der Waals surface area contributed by atoms with Crippen molar-refractivity contribution >= 4 is 23.3 Å². The first-order valence-corrected chi connectivity index (χ1v) is 8.43. The van der Waals surface area contributed by atoms with Gasteiger partial charge in [-0.05, 0) is 25.0 Å². The van der Waals surface area contributed by atoms with E-state index in [2.05, 4.69) is 25.4 Å². The van der Waals surface area contributed by atoms with Crippen molar-refractivity contribution in [3.8, 4) is 0 Å². The summed E-state index contributed by atoms with van der Waals surface area (Å²) in [6, 6.07) is 3.98. The molecule has 24 heavy (non-hydrogen) atoms. The number of carbonyl (C=O) groups excluding carboxylic acids is 1. The van der Waals surface area contributed by atoms with E-state index in [1.165, 1.54) is 18.6 Å². The van der Waals surface area contributed by atoms with Crippen molar-refractivity contribution in [1.82, 2.24) is 20.1 Å². The maximum atomic E-state index is 13.7. The van der Waals surface area contributed by atoms with Gasteiger partial charge in [0.2, 0.25) is 0 Å². The van der Waals surface area contributed by atoms with Crippen molar-refractivity contribution in [3.05, 3.63) is 40.7 Å². The lowest BCUT2D eigenvalue weighted by molar-refractivity contribution is 0.252. The van der Waals surface area contributed by atoms with Gasteiger partial charge in [0, 0.05) is 25.9 Å². The molecule has 2 N–H and O–H groups in total. The van der Waals surface area contributed by atoms with Crippen molar-refractivity contribution in [2.24, 2.45) is 0 Å². The minimum atomic E-state index is -0.642. The average Bonchev–Trinajstić information content (AvgIpc) is 2.79. The molecular weight excluding hydrogens is 333 g/mol. The number of fused-ring (bicyclic) bond motifs is 1. The number of urea groups is 1. The van der Waals surface area contributed by atoms with Crippen molar-refractivity contribution in [3.63, 3.8) is 0 Å². The number of nitrogens with one attached hydrogen (secondary N) is 2. The maximum Gasteiger partial charge on any atom is 0.319 e. The quantitative estimate of drug-likeness (QED) is 0.888. The zero-order chi connectivity index (χ0) is 16.9. The summed E-state index contributed by atoms with van der Waals surface area (Å²) in [5, 5.41) is 13.6. The summed E-state index contributed by atoms with van der Waals surface area (Å²) in [6.45, 7) is 1.32. The minimum absolute atomic E-state index is 0.0287. The molecule has 1 aliphatic rings. The molecule has 2 amide bonds. The van der Waals surface area contributed by atoms with Crippen LogP contribution in [0.4, 0.5) is 14.9 Å². The summed E-state index contributed by atoms with van der Waals surface area (Å²) < 4.78 is 15.9. The monoisotopic (exact) mass is 351 g/mol. The highest BCUT2D eigenvalue weighted by Gasteiger charge is 2.15. The number of nitrogens with zero attached hydrogens (tertiary/aromatic N) is 3. The summed E-state index contributed by atoms with van der Waals surface area (Å²) in [5.74, 6) is 1.26. The molecule has 8 heteroatoms. The van der Waals surface area contributed by atoms with Gasteiger partial charge in [0.15, 0.2) is 5.82 Å². The first-order valence-electron chi connectivity index (χ1n) is 8.05. The highest BCUT2D eigenvalue weighted by atomic mass is 35.5. The summed E-state index contributed by atoms with van der Waals surface area (Å²) in [7, 11) is 0. The molecule has 0 bridgehead atoms. The Hall–Kier alpha value is -2.15. The molecule has 0 saturated carbocycles. The Morgan fingerprint density at radius 3 is 3.04 bits per heavy atom. The van der Waals surface area contributed by atoms with E-state index in [-0.39, 0.29) is 10.7 Å². The van der Waals surface area contributed by atoms with Crippen LogP contribution < -0.4 is 10.6 Å². The van der Waals surface area contributed by atoms with Gasteiger partial charge < -0.3 is 15.2 Å². The van der Waals surface area contributed by atoms with Crippen molar-refractivity contribution < 1.29 is 9.18 Å². The third-order valence-electron chi connectivity index (χ3n) is 4.02. The Morgan fingerprint density at radius 2 is 2.17 bits per heavy atom. The summed E-state index contributed by atoms with van der Waals surface area (Å²) in [6.07, 6.45) is 5.01. The lowest BCUT2D eigenvalue weighted by Crippen LogP contribution is -2.31. The predicted octanol–water partition coefficient (Wildman–Crippen LogP) is 3.16. The van der Waals surface area contributed by atoms with Gasteiger partial charge in [-0.15, -0.1) is 10.2 Å². The smallest absolute Gasteiger partial charge is 0.319 e. The standard InChI is InChI=1S/C16H19ClFN5O/c17-11-5-4-6-12(15(11)18)20-16(24)19-9-8-14-22-21-13-7-2-1-3-10-23(13)14/h4-6H,1-3,7-10H2,(H2,19,20,24). The van der Waals surface area contributed by atoms with Gasteiger partial charge in [-0.1, -0.05) is 24.1 Å². The number of benzene rings is 1. The van der Waals surface area contributed by atoms with Crippen LogP contribution in [0.2, 0.25) is 5.02 Å². The van der Waals surface area contributed by atoms with Crippen molar-refractivity contribution in [1.29, 1.82) is 0 Å². The van der Waals surface area contributed by atoms with Crippen molar-refractivity contribution in [2.45, 2.75) is 38.6 Å². The van der Waals surface area contributed by atoms with Crippen LogP contribution in [0.15, 0.2) is 18.2 Å². The zero-order valence-electron chi connectivity index (χ0n) is 13.2. The molecular formula is C16H19ClFN5O. The Labute approximate surface area is 144 Å². The number of aromatic nitrogens is 3. The van der Waals surface area contributed by atoms with E-state index in [1.54, 1.807) is 6.07 Å². The third-order valence-corrected chi connectivity index (χ3v) is 4.31. The number of hydrogen-bond donors (Lipinski definition) is 2. The normalized spacial score (nSPS) is 13.9. The Kier molecular flexibility index (Phi) is 5.30. The molecule has 3 rings (SSSR count). The van der Waals surface area contributed by atoms with Crippen LogP contribution in [0, 0.1) is 5.82 Å². The lowest BCUT2D eigenvalue weighted by Gasteiger charge is -2.10. The first kappa shape index (κ1) is 16.7. The molecule has 0 aliphatic carbocycles. The van der Waals surface area contributed by atoms with Crippen LogP contribution >= 0.6 is 11.6 Å². The second-order valence-corrected chi connectivity index (χ2v) is 6.13. The van der Waals surface area contributed by atoms with Crippen molar-refractivity contribution in [2.75, 3.05) is 11.9 Å². The van der Waals surface area contributed by atoms with E-state index in [4.69, 9.17) is 11.6 Å². The highest BCUT2D eigenvalue weighted by Crippen LogP contribution is 2.21. The molecule has 128 valence electrons. The van der Waals surface area contributed by atoms with Crippen LogP contribution in [-0.4, -0.2) is 27.3 Å². The van der Waals surface area contributed by atoms with Gasteiger partial charge in [0.05, 0.1) is 10.7 Å². The second kappa shape index (κ2) is 7.61. The Balaban J connectivity index is 1.52. The van der Waals surface area contributed by atoms with E-state index in [9.17, 15) is 9.18 Å². The SMILES string of the molecule is O=C(NCCc1nnc2n1CCCCC2)Nc1cccc(Cl)c1F. The molecule has 2 aromatic rings. The van der Waals surface area contributed by atoms with Gasteiger partial charge in [0.25, 0.3) is 0 Å². The lowest BCUT2D eigenvalue weighted by atomic mass is 10.2. The highest BCUT2D eigenvalue weighted by molar-refractivity contribution is 6.31. The number of aryl methyl sites for hydroxylation is 1. The van der Waals surface area contributed by atoms with E-state index >= 15 is 0 Å². The molecule has 0 radical (unpaired) electrons. The van der Waals surface area contributed by atoms with E-state index in [0.717, 1.165) is 37.5 Å². The minimum Gasteiger partial charge on any atom is -0.337 e. The number of carbonyl (C=O) groups is 1. The van der Waals surface area contributed by atoms with E-state index in [0.29, 0.717) is 13.0 Å². The summed E-state index contributed by atoms with van der Waals surface area (Å²) >= 11 is 5.69. The fourth-order valence-electron chi connectivity index (χ4n) is 2.78. The molecule has 0 spiro atoms. The number of anilines is 1. The molecule has 2 heterocycles. The summed E-state index contributed by atoms with van der Waals surface area (Å²) in [5.41, 5.74) is 0.0522. The molecule has 1 aliphatic heterocycles. The van der Waals surface area contributed by atoms with Gasteiger partial charge in [-0.2, -0.15) is 0 Å². The zero-order valence-corrected chi connectivity index (χ0v) is 13.9. The fourth-order valence-corrected chi connectivity index (χ4v) is 2.96. The average molecular weight is 352 g/mol. The van der Waals surface area contributed by atoms with Crippen LogP contribution in [0.1, 0.15) is 30.9 Å². The molecule has 0 unspecified atom stereocenters. The third kappa shape index (κ3) is 3.84. The van der Waals surface area contributed by atoms with Crippen LogP contribution in [0.3, 0.4) is 0 Å². The van der Waals surface area contributed by atoms with Gasteiger partial charge >= 0.3 is 6.03 Å². The molecule has 1 aromatic carbocycles. The van der Waals surface area contributed by atoms with E-state index in [1.807, 2.05) is 0 Å². The number of rotatable bonds is 4. The van der Waals surface area contributed by atoms with E-state index < -0.39 is 11.8 Å². The largest absolute Gasteiger partial charge is 0.337 e. The number of amides is 2. The van der Waals surface area contributed by atoms with Crippen LogP contribution in [0.5, 0.6) is 0 Å². The van der Waals surface area contributed by atoms with Gasteiger partial charge in [-0.3, -0.25) is 0 Å². The number of halogens is 2. The summed E-state index contributed by atoms with van der Waals surface area (Å²) in [4.78, 5) is 11.9. The predicted molar refractivity (Wildman–Crippen MR) is 89.7 cm³/mol. The van der Waals surface area contributed by atoms with Gasteiger partial charge in [-0.25, -0.2) is 9.18 Å². The second-order valence-electron chi connectivity index (χ2n) is 5.73. The molecule has 0 fully saturated rings. The maximum absolute atomic E-state index is 13.7. The Bertz CT molecular complexity index is 733. The molecule has 6 nitrogen and oxygen atoms in total. The first-order chi connectivity index (χ1) is 11.6. The van der Waals surface area contributed by atoms with Crippen LogP contribution in [0.25, 0.3) is 0 Å². The Morgan fingerprint density at radius 1 is 1.29 bits per heavy atom. The van der Waals surface area contributed by atoms with Gasteiger partial charge in [0.1, 0.15) is 11.6 Å². The molecule has 1 aromatic heterocycles. The molecule has 0 saturated heterocycles.